The van der Waals surface area contributed by atoms with Gasteiger partial charge in [0.05, 0.1) is 15.9 Å². The molecule has 118 valence electrons. The number of aliphatic hydroxyl groups is 1. The molecular weight excluding hydrogens is 296 g/mol. The van der Waals surface area contributed by atoms with Crippen LogP contribution in [-0.2, 0) is 10.0 Å². The van der Waals surface area contributed by atoms with Crippen LogP contribution in [0, 0.1) is 15.5 Å². The van der Waals surface area contributed by atoms with Gasteiger partial charge in [0, 0.05) is 18.7 Å². The number of hydrogen-bond acceptors (Lipinski definition) is 5. The Kier molecular flexibility index (Phi) is 5.43. The second-order valence-electron chi connectivity index (χ2n) is 5.82. The number of hydrogen-bond donors (Lipinski definition) is 2. The second kappa shape index (κ2) is 6.50. The Morgan fingerprint density at radius 3 is 2.52 bits per heavy atom. The van der Waals surface area contributed by atoms with Crippen LogP contribution < -0.4 is 4.72 Å². The predicted octanol–water partition coefficient (Wildman–Crippen LogP) is 1.67. The molecule has 0 saturated heterocycles. The van der Waals surface area contributed by atoms with Gasteiger partial charge in [0.1, 0.15) is 0 Å². The van der Waals surface area contributed by atoms with E-state index in [4.69, 9.17) is 0 Å². The van der Waals surface area contributed by atoms with E-state index in [0.29, 0.717) is 0 Å². The van der Waals surface area contributed by atoms with Crippen LogP contribution in [0.3, 0.4) is 0 Å². The zero-order valence-electron chi connectivity index (χ0n) is 12.2. The van der Waals surface area contributed by atoms with Crippen molar-refractivity contribution in [2.75, 3.05) is 6.54 Å². The number of aliphatic hydroxyl groups excluding tert-OH is 1. The molecule has 0 aliphatic carbocycles. The van der Waals surface area contributed by atoms with Crippen LogP contribution >= 0.6 is 0 Å². The molecule has 0 aliphatic rings. The van der Waals surface area contributed by atoms with Gasteiger partial charge in [-0.1, -0.05) is 26.8 Å². The van der Waals surface area contributed by atoms with Crippen LogP contribution in [0.1, 0.15) is 27.2 Å². The summed E-state index contributed by atoms with van der Waals surface area (Å²) in [4.78, 5) is 9.84. The van der Waals surface area contributed by atoms with Crippen LogP contribution in [0.5, 0.6) is 0 Å². The van der Waals surface area contributed by atoms with Crippen molar-refractivity contribution in [3.05, 3.63) is 34.4 Å². The fourth-order valence-electron chi connectivity index (χ4n) is 1.61. The molecule has 21 heavy (non-hydrogen) atoms. The van der Waals surface area contributed by atoms with Crippen LogP contribution in [0.15, 0.2) is 29.2 Å². The van der Waals surface area contributed by atoms with Crippen molar-refractivity contribution in [2.45, 2.75) is 38.2 Å². The molecule has 1 atom stereocenters. The van der Waals surface area contributed by atoms with Crippen molar-refractivity contribution in [2.24, 2.45) is 5.41 Å². The van der Waals surface area contributed by atoms with E-state index in [2.05, 4.69) is 4.72 Å². The smallest absolute Gasteiger partial charge is 0.270 e. The highest BCUT2D eigenvalue weighted by Gasteiger charge is 2.23. The van der Waals surface area contributed by atoms with Crippen molar-refractivity contribution in [3.8, 4) is 0 Å². The highest BCUT2D eigenvalue weighted by atomic mass is 32.2. The first kappa shape index (κ1) is 17.5. The maximum Gasteiger partial charge on any atom is 0.270 e. The second-order valence-corrected chi connectivity index (χ2v) is 7.59. The fraction of sp³-hybridized carbons (Fsp3) is 0.538. The first-order chi connectivity index (χ1) is 9.54. The summed E-state index contributed by atoms with van der Waals surface area (Å²) in [5.74, 6) is 0. The van der Waals surface area contributed by atoms with Gasteiger partial charge in [-0.05, 0) is 17.9 Å². The van der Waals surface area contributed by atoms with Gasteiger partial charge >= 0.3 is 0 Å². The van der Waals surface area contributed by atoms with E-state index in [9.17, 15) is 23.6 Å². The number of nitrogens with zero attached hydrogens (tertiary/aromatic N) is 1. The Bertz CT molecular complexity index is 607. The number of non-ortho nitro benzene ring substituents is 1. The molecule has 1 aromatic carbocycles. The molecule has 8 heteroatoms. The number of nitro benzene ring substituents is 1. The minimum atomic E-state index is -3.82. The molecule has 0 amide bonds. The number of benzene rings is 1. The van der Waals surface area contributed by atoms with E-state index >= 15 is 0 Å². The average molecular weight is 316 g/mol. The molecule has 7 nitrogen and oxygen atoms in total. The summed E-state index contributed by atoms with van der Waals surface area (Å²) < 4.78 is 26.4. The maximum absolute atomic E-state index is 12.0. The fourth-order valence-corrected chi connectivity index (χ4v) is 2.70. The van der Waals surface area contributed by atoms with Gasteiger partial charge in [-0.3, -0.25) is 10.1 Å². The van der Waals surface area contributed by atoms with E-state index < -0.39 is 21.1 Å². The van der Waals surface area contributed by atoms with Crippen LogP contribution in [0.25, 0.3) is 0 Å². The van der Waals surface area contributed by atoms with E-state index in [0.717, 1.165) is 6.07 Å². The van der Waals surface area contributed by atoms with Crippen molar-refractivity contribution in [1.82, 2.24) is 4.72 Å². The number of nitro groups is 1. The Labute approximate surface area is 124 Å². The van der Waals surface area contributed by atoms with Gasteiger partial charge in [-0.15, -0.1) is 0 Å². The monoisotopic (exact) mass is 316 g/mol. The van der Waals surface area contributed by atoms with Gasteiger partial charge in [0.25, 0.3) is 5.69 Å². The van der Waals surface area contributed by atoms with Crippen LogP contribution in [-0.4, -0.2) is 31.1 Å². The van der Waals surface area contributed by atoms with Crippen molar-refractivity contribution < 1.29 is 18.4 Å². The molecule has 2 N–H and O–H groups in total. The molecule has 1 rings (SSSR count). The van der Waals surface area contributed by atoms with Gasteiger partial charge in [-0.2, -0.15) is 0 Å². The summed E-state index contributed by atoms with van der Waals surface area (Å²) in [6.07, 6.45) is -0.386. The highest BCUT2D eigenvalue weighted by molar-refractivity contribution is 7.89. The molecule has 0 spiro atoms. The molecule has 0 aliphatic heterocycles. The van der Waals surface area contributed by atoms with Crippen molar-refractivity contribution >= 4 is 15.7 Å². The molecule has 1 unspecified atom stereocenters. The molecule has 1 aromatic rings. The molecule has 0 fully saturated rings. The topological polar surface area (TPSA) is 110 Å². The van der Waals surface area contributed by atoms with Crippen molar-refractivity contribution in [3.63, 3.8) is 0 Å². The number of sulfonamides is 1. The summed E-state index contributed by atoms with van der Waals surface area (Å²) in [5, 5.41) is 20.5. The minimum Gasteiger partial charge on any atom is -0.393 e. The largest absolute Gasteiger partial charge is 0.393 e. The third-order valence-electron chi connectivity index (χ3n) is 3.05. The number of nitrogens with one attached hydrogen (secondary N) is 1. The number of rotatable bonds is 6. The Hall–Kier alpha value is -1.51. The van der Waals surface area contributed by atoms with E-state index in [1.807, 2.05) is 20.8 Å². The summed E-state index contributed by atoms with van der Waals surface area (Å²) >= 11 is 0. The summed E-state index contributed by atoms with van der Waals surface area (Å²) in [6.45, 7) is 5.62. The normalized spacial score (nSPS) is 13.9. The van der Waals surface area contributed by atoms with Crippen LogP contribution in [0.2, 0.25) is 0 Å². The molecule has 0 saturated carbocycles. The van der Waals surface area contributed by atoms with Crippen LogP contribution in [0.4, 0.5) is 5.69 Å². The quantitative estimate of drug-likeness (QED) is 0.613. The van der Waals surface area contributed by atoms with E-state index in [1.54, 1.807) is 0 Å². The first-order valence-corrected chi connectivity index (χ1v) is 7.94. The molecular formula is C13H20N2O5S. The molecule has 0 bridgehead atoms. The van der Waals surface area contributed by atoms with E-state index in [-0.39, 0.29) is 29.0 Å². The standard InChI is InChI=1S/C13H20N2O5S/c1-13(2,3)12(16)7-8-14-21(19,20)11-6-4-5-10(9-11)15(17)18/h4-6,9,12,14,16H,7-8H2,1-3H3. The Morgan fingerprint density at radius 2 is 2.00 bits per heavy atom. The summed E-state index contributed by atoms with van der Waals surface area (Å²) in [7, 11) is -3.82. The lowest BCUT2D eigenvalue weighted by Gasteiger charge is -2.25. The Balaban J connectivity index is 2.74. The minimum absolute atomic E-state index is 0.0590. The average Bonchev–Trinajstić information content (AvgIpc) is 2.37. The van der Waals surface area contributed by atoms with E-state index in [1.165, 1.54) is 18.2 Å². The lowest BCUT2D eigenvalue weighted by molar-refractivity contribution is -0.385. The third-order valence-corrected chi connectivity index (χ3v) is 4.51. The molecule has 0 aromatic heterocycles. The summed E-state index contributed by atoms with van der Waals surface area (Å²) in [6, 6.07) is 4.83. The molecule has 0 heterocycles. The maximum atomic E-state index is 12.0. The first-order valence-electron chi connectivity index (χ1n) is 6.46. The van der Waals surface area contributed by atoms with Gasteiger partial charge in [0.15, 0.2) is 0 Å². The molecule has 0 radical (unpaired) electrons. The zero-order chi connectivity index (χ0) is 16.3. The van der Waals surface area contributed by atoms with Crippen molar-refractivity contribution in [1.29, 1.82) is 0 Å². The lowest BCUT2D eigenvalue weighted by Crippen LogP contribution is -2.32. The predicted molar refractivity (Wildman–Crippen MR) is 78.4 cm³/mol. The lowest BCUT2D eigenvalue weighted by atomic mass is 9.87. The Morgan fingerprint density at radius 1 is 1.38 bits per heavy atom. The highest BCUT2D eigenvalue weighted by Crippen LogP contribution is 2.21. The zero-order valence-corrected chi connectivity index (χ0v) is 13.1. The third kappa shape index (κ3) is 5.07. The SMILES string of the molecule is CC(C)(C)C(O)CCNS(=O)(=O)c1cccc([N+](=O)[O-])c1. The summed E-state index contributed by atoms with van der Waals surface area (Å²) in [5.41, 5.74) is -0.621. The van der Waals surface area contributed by atoms with Gasteiger partial charge < -0.3 is 5.11 Å². The van der Waals surface area contributed by atoms with Gasteiger partial charge in [-0.25, -0.2) is 13.1 Å². The van der Waals surface area contributed by atoms with Gasteiger partial charge in [0.2, 0.25) is 10.0 Å².